The highest BCUT2D eigenvalue weighted by atomic mass is 32.2. The number of benzene rings is 2. The molecule has 1 aliphatic heterocycles. The lowest BCUT2D eigenvalue weighted by atomic mass is 9.94. The van der Waals surface area contributed by atoms with Gasteiger partial charge in [-0.15, -0.1) is 11.8 Å². The molecule has 0 amide bonds. The number of carbonyl (C=O) groups is 3. The second-order valence-electron chi connectivity index (χ2n) is 10.4. The first kappa shape index (κ1) is 34.2. The highest BCUT2D eigenvalue weighted by Crippen LogP contribution is 2.38. The number of hydrogen-bond donors (Lipinski definition) is 1. The normalized spacial score (nSPS) is 15.8. The summed E-state index contributed by atoms with van der Waals surface area (Å²) in [5.74, 6) is 0.0781. The van der Waals surface area contributed by atoms with Gasteiger partial charge in [0.15, 0.2) is 0 Å². The number of carboxylic acid groups (broad SMARTS) is 1. The first-order valence-electron chi connectivity index (χ1n) is 15.2. The molecule has 1 aliphatic rings. The Labute approximate surface area is 259 Å². The second kappa shape index (κ2) is 18.4. The fraction of sp³-hybridized carbons (Fsp3) is 0.500. The molecule has 8 nitrogen and oxygen atoms in total. The summed E-state index contributed by atoms with van der Waals surface area (Å²) >= 11 is 1.67. The number of hydrogen-bond acceptors (Lipinski definition) is 8. The largest absolute Gasteiger partial charge is 0.493 e. The first-order chi connectivity index (χ1) is 20.9. The molecule has 1 heterocycles. The van der Waals surface area contributed by atoms with Crippen LogP contribution in [0.15, 0.2) is 53.9 Å². The van der Waals surface area contributed by atoms with Gasteiger partial charge in [0, 0.05) is 25.2 Å². The molecule has 0 spiro atoms. The lowest BCUT2D eigenvalue weighted by Gasteiger charge is -2.28. The zero-order valence-electron chi connectivity index (χ0n) is 25.3. The number of unbranched alkanes of at least 4 members (excludes halogenated alkanes) is 3. The van der Waals surface area contributed by atoms with Gasteiger partial charge in [-0.3, -0.25) is 9.59 Å². The molecule has 1 unspecified atom stereocenters. The van der Waals surface area contributed by atoms with Crippen LogP contribution in [0, 0.1) is 0 Å². The average Bonchev–Trinajstić information content (AvgIpc) is 3.49. The third-order valence-electron chi connectivity index (χ3n) is 7.23. The maximum Gasteiger partial charge on any atom is 0.335 e. The van der Waals surface area contributed by atoms with Crippen molar-refractivity contribution in [2.45, 2.75) is 77.2 Å². The fourth-order valence-electron chi connectivity index (χ4n) is 5.03. The van der Waals surface area contributed by atoms with Crippen LogP contribution in [0.25, 0.3) is 0 Å². The van der Waals surface area contributed by atoms with Gasteiger partial charge in [-0.2, -0.15) is 0 Å². The van der Waals surface area contributed by atoms with Crippen molar-refractivity contribution in [2.24, 2.45) is 0 Å². The van der Waals surface area contributed by atoms with Crippen molar-refractivity contribution in [2.75, 3.05) is 32.2 Å². The smallest absolute Gasteiger partial charge is 0.335 e. The Morgan fingerprint density at radius 2 is 1.60 bits per heavy atom. The van der Waals surface area contributed by atoms with Gasteiger partial charge < -0.3 is 24.1 Å². The van der Waals surface area contributed by atoms with Gasteiger partial charge in [0.2, 0.25) is 0 Å². The number of aromatic carboxylic acids is 1. The Bertz CT molecular complexity index is 1230. The van der Waals surface area contributed by atoms with Crippen LogP contribution in [-0.2, 0) is 42.2 Å². The molecule has 0 radical (unpaired) electrons. The van der Waals surface area contributed by atoms with Crippen molar-refractivity contribution in [3.05, 3.63) is 76.2 Å². The van der Waals surface area contributed by atoms with Crippen LogP contribution in [0.4, 0.5) is 0 Å². The number of carbonyl (C=O) groups excluding carboxylic acids is 2. The van der Waals surface area contributed by atoms with Crippen LogP contribution in [0.5, 0.6) is 5.75 Å². The van der Waals surface area contributed by atoms with Crippen LogP contribution in [0.3, 0.4) is 0 Å². The van der Waals surface area contributed by atoms with Gasteiger partial charge in [-0.1, -0.05) is 37.1 Å². The van der Waals surface area contributed by atoms with Crippen LogP contribution < -0.4 is 4.74 Å². The van der Waals surface area contributed by atoms with Gasteiger partial charge >= 0.3 is 17.9 Å². The molecule has 234 valence electrons. The van der Waals surface area contributed by atoms with Crippen LogP contribution >= 0.6 is 11.8 Å². The monoisotopic (exact) mass is 612 g/mol. The molecule has 9 heteroatoms. The van der Waals surface area contributed by atoms with E-state index in [4.69, 9.17) is 18.9 Å². The van der Waals surface area contributed by atoms with Crippen molar-refractivity contribution in [3.63, 3.8) is 0 Å². The van der Waals surface area contributed by atoms with Crippen LogP contribution in [0.2, 0.25) is 0 Å². The topological polar surface area (TPSA) is 108 Å². The predicted octanol–water partition coefficient (Wildman–Crippen LogP) is 6.88. The summed E-state index contributed by atoms with van der Waals surface area (Å²) < 4.78 is 22.6. The molecule has 2 aromatic rings. The van der Waals surface area contributed by atoms with E-state index in [2.05, 4.69) is 6.07 Å². The summed E-state index contributed by atoms with van der Waals surface area (Å²) in [6, 6.07) is 13.0. The lowest BCUT2D eigenvalue weighted by Crippen LogP contribution is -2.29. The number of esters is 2. The zero-order valence-corrected chi connectivity index (χ0v) is 26.1. The van der Waals surface area contributed by atoms with Crippen molar-refractivity contribution < 1.29 is 38.4 Å². The maximum atomic E-state index is 12.1. The second-order valence-corrected chi connectivity index (χ2v) is 11.3. The summed E-state index contributed by atoms with van der Waals surface area (Å²) in [4.78, 5) is 35.2. The van der Waals surface area contributed by atoms with Crippen molar-refractivity contribution in [1.82, 2.24) is 0 Å². The summed E-state index contributed by atoms with van der Waals surface area (Å²) in [6.45, 7) is 5.29. The number of carboxylic acids is 1. The molecule has 0 saturated heterocycles. The summed E-state index contributed by atoms with van der Waals surface area (Å²) in [7, 11) is 0. The molecule has 0 aromatic heterocycles. The van der Waals surface area contributed by atoms with Crippen molar-refractivity contribution in [1.29, 1.82) is 0 Å². The number of aryl methyl sites for hydroxylation is 1. The molecule has 43 heavy (non-hydrogen) atoms. The summed E-state index contributed by atoms with van der Waals surface area (Å²) in [5.41, 5.74) is 2.71. The Balaban J connectivity index is 1.50. The van der Waals surface area contributed by atoms with E-state index in [0.717, 1.165) is 60.3 Å². The Morgan fingerprint density at radius 1 is 0.860 bits per heavy atom. The third-order valence-corrected chi connectivity index (χ3v) is 8.16. The van der Waals surface area contributed by atoms with E-state index in [0.29, 0.717) is 45.7 Å². The van der Waals surface area contributed by atoms with Gasteiger partial charge in [-0.25, -0.2) is 4.79 Å². The Hall–Kier alpha value is -3.30. The van der Waals surface area contributed by atoms with E-state index in [1.807, 2.05) is 29.7 Å². The number of ether oxygens (including phenoxy) is 4. The van der Waals surface area contributed by atoms with Crippen molar-refractivity contribution >= 4 is 29.7 Å². The molecule has 0 fully saturated rings. The minimum Gasteiger partial charge on any atom is -0.493 e. The average molecular weight is 613 g/mol. The molecular weight excluding hydrogens is 568 g/mol. The number of rotatable bonds is 20. The standard InChI is InChI=1S/C34H44O8S/c1-3-39-31(35)17-11-21-41-30-16-10-13-26(29(30)18-19-32(36)40-4-2)12-7-5-6-8-22-42-34(20-23-43-25-34)28-15-9-14-27(24-28)33(37)38/h9-10,13-16,20,23-24H,3-8,11-12,17-19,21-22,25H2,1-2H3,(H,37,38). The highest BCUT2D eigenvalue weighted by molar-refractivity contribution is 8.02. The van der Waals surface area contributed by atoms with E-state index in [1.165, 1.54) is 0 Å². The minimum atomic E-state index is -0.943. The molecule has 2 aromatic carbocycles. The van der Waals surface area contributed by atoms with E-state index in [1.54, 1.807) is 43.8 Å². The highest BCUT2D eigenvalue weighted by Gasteiger charge is 2.34. The summed E-state index contributed by atoms with van der Waals surface area (Å²) in [5, 5.41) is 11.4. The SMILES string of the molecule is CCOC(=O)CCCOc1cccc(CCCCCCOC2(c3cccc(C(=O)O)c3)C=CSC2)c1CCC(=O)OCC. The van der Waals surface area contributed by atoms with Gasteiger partial charge in [-0.05, 0) is 92.3 Å². The minimum absolute atomic E-state index is 0.228. The Kier molecular flexibility index (Phi) is 14.6. The molecule has 0 saturated carbocycles. The van der Waals surface area contributed by atoms with Crippen LogP contribution in [0.1, 0.15) is 85.8 Å². The van der Waals surface area contributed by atoms with Gasteiger partial charge in [0.25, 0.3) is 0 Å². The van der Waals surface area contributed by atoms with E-state index in [-0.39, 0.29) is 23.9 Å². The molecule has 0 bridgehead atoms. The van der Waals surface area contributed by atoms with Crippen LogP contribution in [-0.4, -0.2) is 55.2 Å². The van der Waals surface area contributed by atoms with E-state index < -0.39 is 11.6 Å². The quantitative estimate of drug-likeness (QED) is 0.126. The molecule has 1 atom stereocenters. The first-order valence-corrected chi connectivity index (χ1v) is 16.2. The molecule has 3 rings (SSSR count). The number of thioether (sulfide) groups is 1. The third kappa shape index (κ3) is 11.0. The van der Waals surface area contributed by atoms with Gasteiger partial charge in [0.05, 0.1) is 25.4 Å². The Morgan fingerprint density at radius 3 is 2.33 bits per heavy atom. The lowest BCUT2D eigenvalue weighted by molar-refractivity contribution is -0.144. The predicted molar refractivity (Wildman–Crippen MR) is 168 cm³/mol. The summed E-state index contributed by atoms with van der Waals surface area (Å²) in [6.07, 6.45) is 8.49. The van der Waals surface area contributed by atoms with Crippen molar-refractivity contribution in [3.8, 4) is 5.75 Å². The maximum absolute atomic E-state index is 12.1. The zero-order chi connectivity index (χ0) is 30.9. The van der Waals surface area contributed by atoms with Gasteiger partial charge in [0.1, 0.15) is 11.4 Å². The van der Waals surface area contributed by atoms with E-state index in [9.17, 15) is 19.5 Å². The fourth-order valence-corrected chi connectivity index (χ4v) is 6.03. The van der Waals surface area contributed by atoms with E-state index >= 15 is 0 Å². The molecular formula is C34H44O8S. The molecule has 0 aliphatic carbocycles. The molecule has 1 N–H and O–H groups in total.